The molecule has 11 heteroatoms. The molecule has 0 spiro atoms. The number of hydrogen-bond acceptors (Lipinski definition) is 7. The molecular weight excluding hydrogens is 470 g/mol. The van der Waals surface area contributed by atoms with Crippen LogP contribution in [0.5, 0.6) is 0 Å². The molecular formula is C24H31N5O5S. The van der Waals surface area contributed by atoms with Crippen molar-refractivity contribution in [3.05, 3.63) is 48.2 Å². The Morgan fingerprint density at radius 2 is 1.94 bits per heavy atom. The zero-order chi connectivity index (χ0) is 25.4. The largest absolute Gasteiger partial charge is 0.393 e. The van der Waals surface area contributed by atoms with Crippen molar-refractivity contribution >= 4 is 38.2 Å². The van der Waals surface area contributed by atoms with E-state index in [4.69, 9.17) is 5.14 Å². The van der Waals surface area contributed by atoms with E-state index in [1.165, 1.54) is 24.3 Å². The molecule has 4 rings (SSSR count). The molecule has 1 saturated heterocycles. The third-order valence-electron chi connectivity index (χ3n) is 6.10. The number of nitrogens with one attached hydrogen (secondary N) is 1. The molecule has 1 amide bonds. The predicted octanol–water partition coefficient (Wildman–Crippen LogP) is 2.06. The van der Waals surface area contributed by atoms with Gasteiger partial charge in [-0.1, -0.05) is 6.07 Å². The first-order chi connectivity index (χ1) is 16.4. The summed E-state index contributed by atoms with van der Waals surface area (Å²) >= 11 is 0. The van der Waals surface area contributed by atoms with E-state index in [0.717, 1.165) is 16.6 Å². The molecule has 1 aliphatic rings. The van der Waals surface area contributed by atoms with Crippen molar-refractivity contribution in [3.8, 4) is 0 Å². The van der Waals surface area contributed by atoms with Crippen LogP contribution in [-0.4, -0.2) is 59.1 Å². The summed E-state index contributed by atoms with van der Waals surface area (Å²) in [6.07, 6.45) is 3.27. The number of nitrogens with two attached hydrogens (primary N) is 1. The molecule has 0 unspecified atom stereocenters. The Morgan fingerprint density at radius 1 is 1.23 bits per heavy atom. The molecule has 1 aromatic heterocycles. The highest BCUT2D eigenvalue weighted by Gasteiger charge is 2.22. The maximum atomic E-state index is 13.1. The highest BCUT2D eigenvalue weighted by atomic mass is 32.2. The molecule has 0 aliphatic carbocycles. The average molecular weight is 502 g/mol. The molecule has 0 atom stereocenters. The Morgan fingerprint density at radius 3 is 2.60 bits per heavy atom. The number of nitrogens with zero attached hydrogens (tertiary/aromatic N) is 3. The van der Waals surface area contributed by atoms with Crippen molar-refractivity contribution < 1.29 is 23.4 Å². The number of carbonyl (C=O) groups excluding carboxylic acids is 1. The van der Waals surface area contributed by atoms with Crippen LogP contribution in [0.2, 0.25) is 0 Å². The number of carbonyl (C=O) groups is 1. The van der Waals surface area contributed by atoms with Crippen molar-refractivity contribution in [3.63, 3.8) is 0 Å². The van der Waals surface area contributed by atoms with Gasteiger partial charge < -0.3 is 20.4 Å². The first kappa shape index (κ1) is 25.1. The van der Waals surface area contributed by atoms with Gasteiger partial charge in [-0.05, 0) is 63.4 Å². The van der Waals surface area contributed by atoms with E-state index in [2.05, 4.69) is 15.3 Å². The van der Waals surface area contributed by atoms with E-state index in [1.807, 2.05) is 18.3 Å². The van der Waals surface area contributed by atoms with Crippen molar-refractivity contribution in [2.24, 2.45) is 5.14 Å². The fourth-order valence-corrected chi connectivity index (χ4v) is 4.65. The Hall–Kier alpha value is -2.99. The molecule has 2 heterocycles. The molecule has 188 valence electrons. The summed E-state index contributed by atoms with van der Waals surface area (Å²) in [5, 5.41) is 33.6. The van der Waals surface area contributed by atoms with Crippen LogP contribution in [0.1, 0.15) is 43.5 Å². The molecule has 3 aromatic rings. The second-order valence-corrected chi connectivity index (χ2v) is 11.2. The number of fused-ring (bicyclic) bond motifs is 1. The lowest BCUT2D eigenvalue weighted by Crippen LogP contribution is -2.36. The topological polar surface area (TPSA) is 151 Å². The summed E-state index contributed by atoms with van der Waals surface area (Å²) in [4.78, 5) is 15.0. The fourth-order valence-electron chi connectivity index (χ4n) is 4.09. The van der Waals surface area contributed by atoms with E-state index in [9.17, 15) is 23.4 Å². The summed E-state index contributed by atoms with van der Waals surface area (Å²) in [6.45, 7) is 5.27. The quantitative estimate of drug-likeness (QED) is 0.387. The number of anilines is 2. The minimum atomic E-state index is -3.95. The average Bonchev–Trinajstić information content (AvgIpc) is 3.19. The van der Waals surface area contributed by atoms with Gasteiger partial charge in [0.05, 0.1) is 33.5 Å². The number of benzene rings is 2. The van der Waals surface area contributed by atoms with Crippen LogP contribution >= 0.6 is 0 Å². The lowest BCUT2D eigenvalue weighted by molar-refractivity contribution is 0.0651. The van der Waals surface area contributed by atoms with Gasteiger partial charge in [-0.2, -0.15) is 5.10 Å². The maximum Gasteiger partial charge on any atom is 0.255 e. The minimum Gasteiger partial charge on any atom is -0.393 e. The van der Waals surface area contributed by atoms with Crippen LogP contribution < -0.4 is 15.4 Å². The monoisotopic (exact) mass is 501 g/mol. The van der Waals surface area contributed by atoms with Gasteiger partial charge in [0.25, 0.3) is 5.91 Å². The summed E-state index contributed by atoms with van der Waals surface area (Å²) in [7, 11) is -3.95. The molecule has 1 fully saturated rings. The van der Waals surface area contributed by atoms with Gasteiger partial charge in [0, 0.05) is 36.8 Å². The molecule has 1 aliphatic heterocycles. The van der Waals surface area contributed by atoms with Gasteiger partial charge in [-0.3, -0.25) is 9.48 Å². The summed E-state index contributed by atoms with van der Waals surface area (Å²) < 4.78 is 25.2. The van der Waals surface area contributed by atoms with Crippen molar-refractivity contribution in [1.82, 2.24) is 9.78 Å². The van der Waals surface area contributed by atoms with Crippen molar-refractivity contribution in [2.45, 2.75) is 56.3 Å². The standard InChI is InChI=1S/C24H31N5O5S/c1-24(2,32)8-11-29-15-17-13-21(22(14-20(17)27-29)28-9-6-18(30)7-10-28)26-23(31)16-4-3-5-19(12-16)35(25,33)34/h3-5,12-15,18,30,32H,6-11H2,1-2H3,(H,26,31)(H2,25,33,34). The van der Waals surface area contributed by atoms with Crippen molar-refractivity contribution in [2.75, 3.05) is 23.3 Å². The number of hydrogen-bond donors (Lipinski definition) is 4. The van der Waals surface area contributed by atoms with E-state index in [1.54, 1.807) is 18.5 Å². The number of aliphatic hydroxyl groups is 2. The highest BCUT2D eigenvalue weighted by Crippen LogP contribution is 2.33. The smallest absolute Gasteiger partial charge is 0.255 e. The van der Waals surface area contributed by atoms with E-state index < -0.39 is 21.5 Å². The molecule has 0 radical (unpaired) electrons. The normalized spacial score (nSPS) is 15.5. The Bertz CT molecular complexity index is 1340. The van der Waals surface area contributed by atoms with Crippen LogP contribution in [0.4, 0.5) is 11.4 Å². The zero-order valence-corrected chi connectivity index (χ0v) is 20.6. The van der Waals surface area contributed by atoms with E-state index in [0.29, 0.717) is 44.6 Å². The van der Waals surface area contributed by atoms with Gasteiger partial charge in [0.15, 0.2) is 0 Å². The number of aryl methyl sites for hydroxylation is 1. The van der Waals surface area contributed by atoms with Gasteiger partial charge in [-0.15, -0.1) is 0 Å². The van der Waals surface area contributed by atoms with Crippen LogP contribution in [-0.2, 0) is 16.6 Å². The summed E-state index contributed by atoms with van der Waals surface area (Å²) in [5.74, 6) is -0.470. The number of rotatable bonds is 7. The lowest BCUT2D eigenvalue weighted by atomic mass is 10.1. The highest BCUT2D eigenvalue weighted by molar-refractivity contribution is 7.89. The SMILES string of the molecule is CC(C)(O)CCn1cc2cc(NC(=O)c3cccc(S(N)(=O)=O)c3)c(N3CCC(O)CC3)cc2n1. The van der Waals surface area contributed by atoms with Crippen molar-refractivity contribution in [1.29, 1.82) is 0 Å². The number of piperidine rings is 1. The summed E-state index contributed by atoms with van der Waals surface area (Å²) in [5.41, 5.74) is 1.42. The van der Waals surface area contributed by atoms with Crippen LogP contribution in [0.25, 0.3) is 10.9 Å². The van der Waals surface area contributed by atoms with Gasteiger partial charge >= 0.3 is 0 Å². The molecule has 0 bridgehead atoms. The molecule has 2 aromatic carbocycles. The van der Waals surface area contributed by atoms with Gasteiger partial charge in [-0.25, -0.2) is 13.6 Å². The number of aliphatic hydroxyl groups excluding tert-OH is 1. The van der Waals surface area contributed by atoms with Gasteiger partial charge in [0.2, 0.25) is 10.0 Å². The van der Waals surface area contributed by atoms with E-state index >= 15 is 0 Å². The number of amides is 1. The fraction of sp³-hybridized carbons (Fsp3) is 0.417. The number of primary sulfonamides is 1. The Labute approximate surface area is 204 Å². The maximum absolute atomic E-state index is 13.1. The third kappa shape index (κ3) is 6.17. The van der Waals surface area contributed by atoms with Crippen LogP contribution in [0.3, 0.4) is 0 Å². The van der Waals surface area contributed by atoms with Gasteiger partial charge in [0.1, 0.15) is 0 Å². The molecule has 5 N–H and O–H groups in total. The Balaban J connectivity index is 1.68. The molecule has 0 saturated carbocycles. The Kier molecular flexibility index (Phi) is 6.87. The minimum absolute atomic E-state index is 0.140. The lowest BCUT2D eigenvalue weighted by Gasteiger charge is -2.32. The summed E-state index contributed by atoms with van der Waals surface area (Å²) in [6, 6.07) is 9.32. The number of sulfonamides is 1. The third-order valence-corrected chi connectivity index (χ3v) is 7.01. The molecule has 35 heavy (non-hydrogen) atoms. The zero-order valence-electron chi connectivity index (χ0n) is 19.8. The predicted molar refractivity (Wildman–Crippen MR) is 134 cm³/mol. The second kappa shape index (κ2) is 9.57. The van der Waals surface area contributed by atoms with Crippen LogP contribution in [0, 0.1) is 0 Å². The first-order valence-corrected chi connectivity index (χ1v) is 13.0. The van der Waals surface area contributed by atoms with E-state index in [-0.39, 0.29) is 16.6 Å². The van der Waals surface area contributed by atoms with Crippen LogP contribution in [0.15, 0.2) is 47.5 Å². The first-order valence-electron chi connectivity index (χ1n) is 11.5. The second-order valence-electron chi connectivity index (χ2n) is 9.63. The molecule has 10 nitrogen and oxygen atoms in total. The number of aromatic nitrogens is 2.